The SMILES string of the molecule is Cc1cccc(SCc2nc(N)c(I)c(C3CC3)n2)c1. The van der Waals surface area contributed by atoms with Crippen molar-refractivity contribution in [1.82, 2.24) is 9.97 Å². The maximum absolute atomic E-state index is 6.01. The normalized spacial score (nSPS) is 14.5. The fourth-order valence-corrected chi connectivity index (χ4v) is 3.63. The molecule has 1 saturated carbocycles. The highest BCUT2D eigenvalue weighted by molar-refractivity contribution is 14.1. The van der Waals surface area contributed by atoms with Crippen molar-refractivity contribution in [2.24, 2.45) is 0 Å². The minimum Gasteiger partial charge on any atom is -0.383 e. The van der Waals surface area contributed by atoms with Gasteiger partial charge in [-0.1, -0.05) is 17.7 Å². The van der Waals surface area contributed by atoms with Gasteiger partial charge in [0.25, 0.3) is 0 Å². The zero-order valence-electron chi connectivity index (χ0n) is 11.3. The van der Waals surface area contributed by atoms with Crippen LogP contribution in [-0.4, -0.2) is 9.97 Å². The summed E-state index contributed by atoms with van der Waals surface area (Å²) in [5, 5.41) is 0. The molecule has 0 atom stereocenters. The maximum Gasteiger partial charge on any atom is 0.141 e. The van der Waals surface area contributed by atoms with Crippen molar-refractivity contribution < 1.29 is 0 Å². The van der Waals surface area contributed by atoms with E-state index >= 15 is 0 Å². The van der Waals surface area contributed by atoms with Crippen LogP contribution < -0.4 is 5.73 Å². The van der Waals surface area contributed by atoms with Crippen LogP contribution in [-0.2, 0) is 5.75 Å². The molecule has 2 N–H and O–H groups in total. The summed E-state index contributed by atoms with van der Waals surface area (Å²) in [5.41, 5.74) is 8.44. The van der Waals surface area contributed by atoms with Crippen LogP contribution in [0.5, 0.6) is 0 Å². The van der Waals surface area contributed by atoms with Gasteiger partial charge in [0.1, 0.15) is 11.6 Å². The fourth-order valence-electron chi connectivity index (χ4n) is 2.08. The molecule has 5 heteroatoms. The summed E-state index contributed by atoms with van der Waals surface area (Å²) in [5.74, 6) is 2.85. The third-order valence-corrected chi connectivity index (χ3v) is 5.37. The Kier molecular flexibility index (Phi) is 4.16. The number of nitrogens with zero attached hydrogens (tertiary/aromatic N) is 2. The number of thioether (sulfide) groups is 1. The molecule has 3 rings (SSSR count). The van der Waals surface area contributed by atoms with Gasteiger partial charge < -0.3 is 5.73 Å². The van der Waals surface area contributed by atoms with E-state index in [0.29, 0.717) is 11.7 Å². The van der Waals surface area contributed by atoms with Crippen molar-refractivity contribution in [1.29, 1.82) is 0 Å². The minimum absolute atomic E-state index is 0.606. The lowest BCUT2D eigenvalue weighted by atomic mass is 10.2. The summed E-state index contributed by atoms with van der Waals surface area (Å²) in [6, 6.07) is 8.49. The average molecular weight is 397 g/mol. The van der Waals surface area contributed by atoms with Gasteiger partial charge in [-0.15, -0.1) is 11.8 Å². The summed E-state index contributed by atoms with van der Waals surface area (Å²) in [6.07, 6.45) is 2.47. The van der Waals surface area contributed by atoms with Crippen LogP contribution >= 0.6 is 34.4 Å². The van der Waals surface area contributed by atoms with Crippen LogP contribution in [0.3, 0.4) is 0 Å². The number of hydrogen-bond acceptors (Lipinski definition) is 4. The van der Waals surface area contributed by atoms with E-state index in [0.717, 1.165) is 20.8 Å². The van der Waals surface area contributed by atoms with Gasteiger partial charge in [-0.3, -0.25) is 0 Å². The van der Waals surface area contributed by atoms with E-state index < -0.39 is 0 Å². The number of aromatic nitrogens is 2. The maximum atomic E-state index is 6.01. The topological polar surface area (TPSA) is 51.8 Å². The fraction of sp³-hybridized carbons (Fsp3) is 0.333. The van der Waals surface area contributed by atoms with Crippen molar-refractivity contribution in [2.75, 3.05) is 5.73 Å². The van der Waals surface area contributed by atoms with E-state index in [1.54, 1.807) is 11.8 Å². The third kappa shape index (κ3) is 3.25. The summed E-state index contributed by atoms with van der Waals surface area (Å²) < 4.78 is 1.04. The number of nitrogen functional groups attached to an aromatic ring is 1. The molecule has 1 aliphatic carbocycles. The summed E-state index contributed by atoms with van der Waals surface area (Å²) in [4.78, 5) is 10.4. The van der Waals surface area contributed by atoms with E-state index in [2.05, 4.69) is 58.8 Å². The molecule has 1 aromatic heterocycles. The van der Waals surface area contributed by atoms with Crippen LogP contribution in [0.4, 0.5) is 5.82 Å². The lowest BCUT2D eigenvalue weighted by Crippen LogP contribution is -2.06. The Morgan fingerprint density at radius 2 is 2.15 bits per heavy atom. The molecule has 0 unspecified atom stereocenters. The van der Waals surface area contributed by atoms with Gasteiger partial charge in [0.15, 0.2) is 0 Å². The second-order valence-electron chi connectivity index (χ2n) is 5.10. The van der Waals surface area contributed by atoms with E-state index in [1.807, 2.05) is 0 Å². The first-order chi connectivity index (χ1) is 9.63. The molecule has 2 aromatic rings. The van der Waals surface area contributed by atoms with Crippen LogP contribution in [0, 0.1) is 10.5 Å². The molecule has 1 aliphatic rings. The number of rotatable bonds is 4. The Balaban J connectivity index is 1.77. The molecule has 3 nitrogen and oxygen atoms in total. The summed E-state index contributed by atoms with van der Waals surface area (Å²) in [7, 11) is 0. The molecule has 0 spiro atoms. The number of aryl methyl sites for hydroxylation is 1. The number of nitrogens with two attached hydrogens (primary N) is 1. The number of hydrogen-bond donors (Lipinski definition) is 1. The van der Waals surface area contributed by atoms with Crippen LogP contribution in [0.1, 0.15) is 35.8 Å². The lowest BCUT2D eigenvalue weighted by molar-refractivity contribution is 0.924. The van der Waals surface area contributed by atoms with Crippen LogP contribution in [0.2, 0.25) is 0 Å². The third-order valence-electron chi connectivity index (χ3n) is 3.27. The molecule has 0 aliphatic heterocycles. The Morgan fingerprint density at radius 3 is 2.85 bits per heavy atom. The molecule has 0 radical (unpaired) electrons. The van der Waals surface area contributed by atoms with E-state index in [-0.39, 0.29) is 0 Å². The first-order valence-electron chi connectivity index (χ1n) is 6.64. The monoisotopic (exact) mass is 397 g/mol. The highest BCUT2D eigenvalue weighted by atomic mass is 127. The molecule has 1 aromatic carbocycles. The molecule has 0 bridgehead atoms. The van der Waals surface area contributed by atoms with Gasteiger partial charge in [-0.25, -0.2) is 9.97 Å². The zero-order chi connectivity index (χ0) is 14.1. The molecule has 20 heavy (non-hydrogen) atoms. The van der Waals surface area contributed by atoms with Gasteiger partial charge in [0, 0.05) is 10.8 Å². The second kappa shape index (κ2) is 5.89. The molecule has 1 heterocycles. The van der Waals surface area contributed by atoms with Crippen LogP contribution in [0.25, 0.3) is 0 Å². The molecule has 0 amide bonds. The number of benzene rings is 1. The highest BCUT2D eigenvalue weighted by Gasteiger charge is 2.28. The molecule has 104 valence electrons. The van der Waals surface area contributed by atoms with Crippen molar-refractivity contribution in [2.45, 2.75) is 36.3 Å². The standard InChI is InChI=1S/C15H16IN3S/c1-9-3-2-4-11(7-9)20-8-12-18-14(10-5-6-10)13(16)15(17)19-12/h2-4,7,10H,5-6,8H2,1H3,(H2,17,18,19). The van der Waals surface area contributed by atoms with Crippen molar-refractivity contribution in [3.8, 4) is 0 Å². The summed E-state index contributed by atoms with van der Waals surface area (Å²) >= 11 is 4.02. The number of halogens is 1. The summed E-state index contributed by atoms with van der Waals surface area (Å²) in [6.45, 7) is 2.11. The molecule has 0 saturated heterocycles. The largest absolute Gasteiger partial charge is 0.383 e. The van der Waals surface area contributed by atoms with Gasteiger partial charge in [-0.2, -0.15) is 0 Å². The second-order valence-corrected chi connectivity index (χ2v) is 7.23. The first kappa shape index (κ1) is 14.1. The average Bonchev–Trinajstić information content (AvgIpc) is 3.24. The first-order valence-corrected chi connectivity index (χ1v) is 8.71. The van der Waals surface area contributed by atoms with E-state index in [4.69, 9.17) is 10.7 Å². The molecular formula is C15H16IN3S. The predicted molar refractivity (Wildman–Crippen MR) is 91.9 cm³/mol. The predicted octanol–water partition coefficient (Wildman–Crippen LogP) is 4.14. The quantitative estimate of drug-likeness (QED) is 0.623. The Bertz CT molecular complexity index is 641. The molecular weight excluding hydrogens is 381 g/mol. The van der Waals surface area contributed by atoms with Gasteiger partial charge >= 0.3 is 0 Å². The molecule has 1 fully saturated rings. The Hall–Kier alpha value is -0.820. The van der Waals surface area contributed by atoms with Crippen molar-refractivity contribution >= 4 is 40.2 Å². The van der Waals surface area contributed by atoms with E-state index in [1.165, 1.54) is 23.3 Å². The lowest BCUT2D eigenvalue weighted by Gasteiger charge is -2.08. The van der Waals surface area contributed by atoms with Crippen molar-refractivity contribution in [3.05, 3.63) is 44.9 Å². The Labute approximate surface area is 136 Å². The van der Waals surface area contributed by atoms with Gasteiger partial charge in [0.2, 0.25) is 0 Å². The van der Waals surface area contributed by atoms with Crippen LogP contribution in [0.15, 0.2) is 29.2 Å². The van der Waals surface area contributed by atoms with E-state index in [9.17, 15) is 0 Å². The van der Waals surface area contributed by atoms with Crippen molar-refractivity contribution in [3.63, 3.8) is 0 Å². The van der Waals surface area contributed by atoms with Gasteiger partial charge in [0.05, 0.1) is 15.0 Å². The zero-order valence-corrected chi connectivity index (χ0v) is 14.2. The smallest absolute Gasteiger partial charge is 0.141 e. The minimum atomic E-state index is 0.606. The Morgan fingerprint density at radius 1 is 1.35 bits per heavy atom. The number of anilines is 1. The highest BCUT2D eigenvalue weighted by Crippen LogP contribution is 2.42. The van der Waals surface area contributed by atoms with Gasteiger partial charge in [-0.05, 0) is 54.5 Å².